The molecule has 0 radical (unpaired) electrons. The Morgan fingerprint density at radius 3 is 2.15 bits per heavy atom. The van der Waals surface area contributed by atoms with Gasteiger partial charge in [-0.1, -0.05) is 13.8 Å². The molecule has 2 rings (SSSR count). The van der Waals surface area contributed by atoms with Crippen LogP contribution in [0.25, 0.3) is 11.3 Å². The normalized spacial score (nSPS) is 13.7. The van der Waals surface area contributed by atoms with Crippen LogP contribution in [0.15, 0.2) is 24.3 Å². The van der Waals surface area contributed by atoms with Crippen LogP contribution < -0.4 is 0 Å². The van der Waals surface area contributed by atoms with Crippen molar-refractivity contribution in [2.45, 2.75) is 26.2 Å². The zero-order valence-corrected chi connectivity index (χ0v) is 17.2. The number of methoxy groups -OCH3 is 2. The lowest BCUT2D eigenvalue weighted by Crippen LogP contribution is -2.34. The highest BCUT2D eigenvalue weighted by Crippen LogP contribution is 2.34. The van der Waals surface area contributed by atoms with Crippen LogP contribution in [-0.4, -0.2) is 50.2 Å². The van der Waals surface area contributed by atoms with E-state index in [-0.39, 0.29) is 11.7 Å². The summed E-state index contributed by atoms with van der Waals surface area (Å²) in [5.74, 6) is 0.0580. The maximum atomic E-state index is 13.3. The lowest BCUT2D eigenvalue weighted by atomic mass is 10.0. The van der Waals surface area contributed by atoms with Crippen LogP contribution in [-0.2, 0) is 19.5 Å². The molecule has 2 aromatic rings. The summed E-state index contributed by atoms with van der Waals surface area (Å²) in [5.41, 5.74) is 1.72. The van der Waals surface area contributed by atoms with E-state index in [0.29, 0.717) is 22.8 Å². The van der Waals surface area contributed by atoms with Gasteiger partial charge >= 0.3 is 0 Å². The number of nitrogens with one attached hydrogen (secondary N) is 1. The summed E-state index contributed by atoms with van der Waals surface area (Å²) in [6.07, 6.45) is 0.419. The van der Waals surface area contributed by atoms with Crippen LogP contribution in [0.3, 0.4) is 0 Å². The molecule has 0 amide bonds. The molecule has 0 spiro atoms. The van der Waals surface area contributed by atoms with Crippen molar-refractivity contribution in [3.05, 3.63) is 41.6 Å². The first-order chi connectivity index (χ1) is 12.6. The molecule has 0 bridgehead atoms. The van der Waals surface area contributed by atoms with Gasteiger partial charge < -0.3 is 14.5 Å². The fourth-order valence-corrected chi connectivity index (χ4v) is 3.75. The molecule has 9 heteroatoms. The second kappa shape index (κ2) is 8.47. The third-order valence-corrected chi connectivity index (χ3v) is 5.63. The lowest BCUT2D eigenvalue weighted by Gasteiger charge is -2.27. The number of hydrogen-bond acceptors (Lipinski definition) is 5. The Kier molecular flexibility index (Phi) is 6.74. The van der Waals surface area contributed by atoms with Gasteiger partial charge in [0.15, 0.2) is 0 Å². The number of nitrogens with zero attached hydrogens (tertiary/aromatic N) is 2. The number of benzene rings is 1. The van der Waals surface area contributed by atoms with Crippen LogP contribution in [0.1, 0.15) is 37.7 Å². The first-order valence-corrected chi connectivity index (χ1v) is 10.3. The van der Waals surface area contributed by atoms with Gasteiger partial charge in [-0.2, -0.15) is 4.31 Å². The Bertz CT molecular complexity index is 861. The number of hydrogen-bond donors (Lipinski definition) is 1. The molecule has 0 saturated heterocycles. The van der Waals surface area contributed by atoms with E-state index in [2.05, 4.69) is 9.97 Å². The Balaban J connectivity index is 2.64. The van der Waals surface area contributed by atoms with Crippen molar-refractivity contribution >= 4 is 10.0 Å². The molecule has 0 fully saturated rings. The van der Waals surface area contributed by atoms with Crippen LogP contribution in [0.4, 0.5) is 4.39 Å². The predicted octanol–water partition coefficient (Wildman–Crippen LogP) is 3.10. The van der Waals surface area contributed by atoms with Gasteiger partial charge in [-0.25, -0.2) is 17.8 Å². The minimum atomic E-state index is -3.44. The van der Waals surface area contributed by atoms with Crippen molar-refractivity contribution in [2.75, 3.05) is 27.5 Å². The average Bonchev–Trinajstić information content (AvgIpc) is 3.00. The van der Waals surface area contributed by atoms with Crippen molar-refractivity contribution in [1.82, 2.24) is 14.3 Å². The molecule has 0 aliphatic heterocycles. The van der Waals surface area contributed by atoms with E-state index in [1.165, 1.54) is 37.7 Å². The summed E-state index contributed by atoms with van der Waals surface area (Å²) in [6, 6.07) is 5.37. The SMILES string of the molecule is COC(OC)c1[nH]c(C(C(C)C)N(C)S(C)(=O)=O)nc1-c1ccc(F)cc1. The molecule has 1 aromatic carbocycles. The van der Waals surface area contributed by atoms with Gasteiger partial charge in [0.25, 0.3) is 0 Å². The van der Waals surface area contributed by atoms with Gasteiger partial charge in [0.05, 0.1) is 23.7 Å². The zero-order chi connectivity index (χ0) is 20.4. The largest absolute Gasteiger partial charge is 0.350 e. The molecule has 27 heavy (non-hydrogen) atoms. The highest BCUT2D eigenvalue weighted by molar-refractivity contribution is 7.88. The number of ether oxygens (including phenoxy) is 2. The van der Waals surface area contributed by atoms with Crippen molar-refractivity contribution in [3.8, 4) is 11.3 Å². The summed E-state index contributed by atoms with van der Waals surface area (Å²) >= 11 is 0. The smallest absolute Gasteiger partial charge is 0.211 e. The number of aromatic nitrogens is 2. The van der Waals surface area contributed by atoms with Gasteiger partial charge in [-0.3, -0.25) is 0 Å². The minimum Gasteiger partial charge on any atom is -0.350 e. The van der Waals surface area contributed by atoms with Crippen molar-refractivity contribution in [2.24, 2.45) is 5.92 Å². The molecule has 1 aromatic heterocycles. The summed E-state index contributed by atoms with van der Waals surface area (Å²) in [6.45, 7) is 3.83. The van der Waals surface area contributed by atoms with Gasteiger partial charge in [-0.05, 0) is 30.2 Å². The lowest BCUT2D eigenvalue weighted by molar-refractivity contribution is -0.108. The number of aromatic amines is 1. The highest BCUT2D eigenvalue weighted by Gasteiger charge is 2.32. The maximum Gasteiger partial charge on any atom is 0.211 e. The minimum absolute atomic E-state index is 0.0478. The van der Waals surface area contributed by atoms with Gasteiger partial charge in [0.1, 0.15) is 11.6 Å². The third kappa shape index (κ3) is 4.73. The molecular weight excluding hydrogens is 373 g/mol. The maximum absolute atomic E-state index is 13.3. The standard InChI is InChI=1S/C18H26FN3O4S/c1-11(2)16(22(3)27(6,23)24)17-20-14(12-7-9-13(19)10-8-12)15(21-17)18(25-4)26-5/h7-11,16,18H,1-6H3,(H,20,21). The fraction of sp³-hybridized carbons (Fsp3) is 0.500. The quantitative estimate of drug-likeness (QED) is 0.690. The van der Waals surface area contributed by atoms with E-state index in [1.54, 1.807) is 12.1 Å². The number of imidazole rings is 1. The number of rotatable bonds is 8. The molecule has 1 heterocycles. The Morgan fingerprint density at radius 2 is 1.70 bits per heavy atom. The first kappa shape index (κ1) is 21.5. The highest BCUT2D eigenvalue weighted by atomic mass is 32.2. The number of sulfonamides is 1. The fourth-order valence-electron chi connectivity index (χ4n) is 2.99. The Hall–Kier alpha value is -1.81. The summed E-state index contributed by atoms with van der Waals surface area (Å²) < 4.78 is 49.5. The van der Waals surface area contributed by atoms with Crippen molar-refractivity contribution < 1.29 is 22.3 Å². The van der Waals surface area contributed by atoms with Crippen molar-refractivity contribution in [3.63, 3.8) is 0 Å². The molecule has 1 unspecified atom stereocenters. The van der Waals surface area contributed by atoms with Gasteiger partial charge in [-0.15, -0.1) is 0 Å². The topological polar surface area (TPSA) is 84.5 Å². The molecule has 0 aliphatic rings. The molecular formula is C18H26FN3O4S. The molecule has 0 aliphatic carbocycles. The molecule has 0 saturated carbocycles. The van der Waals surface area contributed by atoms with Crippen LogP contribution in [0, 0.1) is 11.7 Å². The molecule has 150 valence electrons. The van der Waals surface area contributed by atoms with E-state index in [4.69, 9.17) is 9.47 Å². The molecule has 1 atom stereocenters. The molecule has 1 N–H and O–H groups in total. The van der Waals surface area contributed by atoms with Crippen LogP contribution >= 0.6 is 0 Å². The van der Waals surface area contributed by atoms with E-state index < -0.39 is 22.4 Å². The summed E-state index contributed by atoms with van der Waals surface area (Å²) in [4.78, 5) is 7.81. The predicted molar refractivity (Wildman–Crippen MR) is 101 cm³/mol. The van der Waals surface area contributed by atoms with E-state index >= 15 is 0 Å². The summed E-state index contributed by atoms with van der Waals surface area (Å²) in [7, 11) is 1.06. The van der Waals surface area contributed by atoms with Gasteiger partial charge in [0, 0.05) is 26.8 Å². The number of halogens is 1. The van der Waals surface area contributed by atoms with Crippen LogP contribution in [0.5, 0.6) is 0 Å². The monoisotopic (exact) mass is 399 g/mol. The van der Waals surface area contributed by atoms with E-state index in [0.717, 1.165) is 6.26 Å². The van der Waals surface area contributed by atoms with E-state index in [9.17, 15) is 12.8 Å². The summed E-state index contributed by atoms with van der Waals surface area (Å²) in [5, 5.41) is 0. The van der Waals surface area contributed by atoms with E-state index in [1.807, 2.05) is 13.8 Å². The number of H-pyrrole nitrogens is 1. The second-order valence-corrected chi connectivity index (χ2v) is 8.70. The zero-order valence-electron chi connectivity index (χ0n) is 16.4. The average molecular weight is 399 g/mol. The second-order valence-electron chi connectivity index (χ2n) is 6.66. The Labute approximate surface area is 159 Å². The third-order valence-electron chi connectivity index (χ3n) is 4.36. The van der Waals surface area contributed by atoms with Crippen LogP contribution in [0.2, 0.25) is 0 Å². The Morgan fingerprint density at radius 1 is 1.15 bits per heavy atom. The first-order valence-electron chi connectivity index (χ1n) is 8.44. The van der Waals surface area contributed by atoms with Crippen molar-refractivity contribution in [1.29, 1.82) is 0 Å². The van der Waals surface area contributed by atoms with Gasteiger partial charge in [0.2, 0.25) is 16.3 Å². The molecule has 7 nitrogen and oxygen atoms in total.